The topological polar surface area (TPSA) is 74.2 Å². The maximum atomic E-state index is 11.7. The van der Waals surface area contributed by atoms with Crippen molar-refractivity contribution < 1.29 is 4.79 Å². The predicted octanol–water partition coefficient (Wildman–Crippen LogP) is 3.08. The monoisotopic (exact) mass is 384 g/mol. The molecule has 3 aromatic heterocycles. The highest BCUT2D eigenvalue weighted by Crippen LogP contribution is 2.36. The van der Waals surface area contributed by atoms with E-state index in [4.69, 9.17) is 9.97 Å². The van der Waals surface area contributed by atoms with Crippen LogP contribution in [0.5, 0.6) is 0 Å². The fourth-order valence-electron chi connectivity index (χ4n) is 2.72. The number of aryl methyl sites for hydroxylation is 2. The first-order valence-corrected chi connectivity index (χ1v) is 9.54. The van der Waals surface area contributed by atoms with Gasteiger partial charge in [0.15, 0.2) is 5.82 Å². The molecule has 8 heteroatoms. The summed E-state index contributed by atoms with van der Waals surface area (Å²) in [6.45, 7) is 5.38. The molecular weight excluding hydrogens is 360 g/mol. The zero-order valence-electron chi connectivity index (χ0n) is 16.3. The number of nitrogens with zero attached hydrogens (tertiary/aromatic N) is 5. The minimum Gasteiger partial charge on any atom is -0.357 e. The van der Waals surface area contributed by atoms with E-state index in [0.717, 1.165) is 21.6 Å². The van der Waals surface area contributed by atoms with E-state index in [0.29, 0.717) is 18.9 Å². The van der Waals surface area contributed by atoms with Crippen molar-refractivity contribution >= 4 is 33.4 Å². The van der Waals surface area contributed by atoms with Crippen molar-refractivity contribution in [3.05, 3.63) is 35.0 Å². The van der Waals surface area contributed by atoms with Gasteiger partial charge in [-0.3, -0.25) is 4.98 Å². The molecule has 2 amide bonds. The Labute approximate surface area is 163 Å². The summed E-state index contributed by atoms with van der Waals surface area (Å²) in [5, 5.41) is 3.97. The number of thiophene rings is 1. The highest BCUT2D eigenvalue weighted by Gasteiger charge is 2.18. The Morgan fingerprint density at radius 1 is 1.22 bits per heavy atom. The van der Waals surface area contributed by atoms with Gasteiger partial charge >= 0.3 is 6.03 Å². The molecule has 0 aromatic carbocycles. The van der Waals surface area contributed by atoms with Crippen LogP contribution in [0, 0.1) is 13.8 Å². The van der Waals surface area contributed by atoms with E-state index < -0.39 is 0 Å². The predicted molar refractivity (Wildman–Crippen MR) is 110 cm³/mol. The second-order valence-corrected chi connectivity index (χ2v) is 7.83. The van der Waals surface area contributed by atoms with Crippen LogP contribution < -0.4 is 10.2 Å². The van der Waals surface area contributed by atoms with Gasteiger partial charge in [-0.05, 0) is 31.5 Å². The number of anilines is 1. The van der Waals surface area contributed by atoms with Crippen molar-refractivity contribution in [3.8, 4) is 11.4 Å². The van der Waals surface area contributed by atoms with Gasteiger partial charge in [0, 0.05) is 57.1 Å². The van der Waals surface area contributed by atoms with Gasteiger partial charge < -0.3 is 15.1 Å². The fourth-order valence-corrected chi connectivity index (χ4v) is 3.75. The lowest BCUT2D eigenvalue weighted by Crippen LogP contribution is -2.39. The van der Waals surface area contributed by atoms with Gasteiger partial charge in [0.05, 0.1) is 5.39 Å². The molecule has 0 spiro atoms. The van der Waals surface area contributed by atoms with Crippen LogP contribution >= 0.6 is 11.3 Å². The molecule has 3 heterocycles. The van der Waals surface area contributed by atoms with Crippen molar-refractivity contribution in [2.75, 3.05) is 39.1 Å². The average Bonchev–Trinajstić information content (AvgIpc) is 2.95. The number of nitrogens with one attached hydrogen (secondary N) is 1. The molecule has 0 aliphatic heterocycles. The molecule has 0 bridgehead atoms. The number of amides is 2. The van der Waals surface area contributed by atoms with Gasteiger partial charge in [0.25, 0.3) is 0 Å². The lowest BCUT2D eigenvalue weighted by Gasteiger charge is -2.21. The molecule has 0 atom stereocenters. The van der Waals surface area contributed by atoms with E-state index in [1.54, 1.807) is 37.8 Å². The van der Waals surface area contributed by atoms with Crippen molar-refractivity contribution in [2.45, 2.75) is 13.8 Å². The van der Waals surface area contributed by atoms with Crippen LogP contribution in [0.2, 0.25) is 0 Å². The summed E-state index contributed by atoms with van der Waals surface area (Å²) < 4.78 is 0. The maximum Gasteiger partial charge on any atom is 0.316 e. The van der Waals surface area contributed by atoms with Gasteiger partial charge in [-0.1, -0.05) is 0 Å². The summed E-state index contributed by atoms with van der Waals surface area (Å²) in [5.74, 6) is 1.54. The molecule has 27 heavy (non-hydrogen) atoms. The molecule has 0 aliphatic carbocycles. The van der Waals surface area contributed by atoms with E-state index >= 15 is 0 Å². The summed E-state index contributed by atoms with van der Waals surface area (Å²) in [5.41, 5.74) is 2.09. The molecule has 0 saturated heterocycles. The second-order valence-electron chi connectivity index (χ2n) is 6.62. The van der Waals surface area contributed by atoms with Crippen molar-refractivity contribution in [1.82, 2.24) is 25.2 Å². The van der Waals surface area contributed by atoms with E-state index in [9.17, 15) is 4.79 Å². The summed E-state index contributed by atoms with van der Waals surface area (Å²) in [6, 6.07) is 3.74. The van der Waals surface area contributed by atoms with Crippen molar-refractivity contribution in [2.24, 2.45) is 0 Å². The number of hydrogen-bond acceptors (Lipinski definition) is 6. The van der Waals surface area contributed by atoms with Crippen LogP contribution in [0.25, 0.3) is 21.6 Å². The molecule has 3 aromatic rings. The lowest BCUT2D eigenvalue weighted by molar-refractivity contribution is 0.217. The third-order valence-corrected chi connectivity index (χ3v) is 5.52. The van der Waals surface area contributed by atoms with Gasteiger partial charge in [-0.2, -0.15) is 0 Å². The first kappa shape index (κ1) is 19.0. The van der Waals surface area contributed by atoms with Crippen LogP contribution in [-0.4, -0.2) is 60.1 Å². The summed E-state index contributed by atoms with van der Waals surface area (Å²) in [4.78, 5) is 31.3. The van der Waals surface area contributed by atoms with Crippen LogP contribution in [-0.2, 0) is 0 Å². The number of carbonyl (C=O) groups is 1. The molecule has 0 unspecified atom stereocenters. The quantitative estimate of drug-likeness (QED) is 0.732. The highest BCUT2D eigenvalue weighted by atomic mass is 32.1. The van der Waals surface area contributed by atoms with Gasteiger partial charge in [0.1, 0.15) is 10.6 Å². The summed E-state index contributed by atoms with van der Waals surface area (Å²) in [7, 11) is 5.44. The van der Waals surface area contributed by atoms with E-state index in [-0.39, 0.29) is 6.03 Å². The number of aromatic nitrogens is 3. The Bertz CT molecular complexity index is 954. The molecule has 142 valence electrons. The van der Waals surface area contributed by atoms with Crippen molar-refractivity contribution in [3.63, 3.8) is 0 Å². The Morgan fingerprint density at radius 3 is 2.67 bits per heavy atom. The molecule has 0 radical (unpaired) electrons. The summed E-state index contributed by atoms with van der Waals surface area (Å²) >= 11 is 1.68. The number of hydrogen-bond donors (Lipinski definition) is 1. The lowest BCUT2D eigenvalue weighted by atomic mass is 10.2. The highest BCUT2D eigenvalue weighted by molar-refractivity contribution is 7.18. The van der Waals surface area contributed by atoms with Gasteiger partial charge in [-0.25, -0.2) is 14.8 Å². The third kappa shape index (κ3) is 4.00. The number of carbonyl (C=O) groups excluding carboxylic acids is 1. The van der Waals surface area contributed by atoms with Gasteiger partial charge in [0.2, 0.25) is 0 Å². The third-order valence-electron chi connectivity index (χ3n) is 4.42. The maximum absolute atomic E-state index is 11.7. The first-order chi connectivity index (χ1) is 12.9. The number of pyridine rings is 1. The Morgan fingerprint density at radius 2 is 2.00 bits per heavy atom. The summed E-state index contributed by atoms with van der Waals surface area (Å²) in [6.07, 6.45) is 3.51. The fraction of sp³-hybridized carbons (Fsp3) is 0.368. The zero-order valence-corrected chi connectivity index (χ0v) is 17.1. The molecule has 0 aliphatic rings. The minimum atomic E-state index is -0.102. The van der Waals surface area contributed by atoms with E-state index in [1.807, 2.05) is 19.2 Å². The number of urea groups is 1. The van der Waals surface area contributed by atoms with Crippen LogP contribution in [0.15, 0.2) is 24.5 Å². The molecule has 7 nitrogen and oxygen atoms in total. The molecule has 0 fully saturated rings. The number of likely N-dealkylation sites (N-methyl/N-ethyl adjacent to an activating group) is 1. The number of fused-ring (bicyclic) bond motifs is 1. The van der Waals surface area contributed by atoms with Crippen LogP contribution in [0.4, 0.5) is 10.6 Å². The largest absolute Gasteiger partial charge is 0.357 e. The molecule has 1 N–H and O–H groups in total. The van der Waals surface area contributed by atoms with Gasteiger partial charge in [-0.15, -0.1) is 11.3 Å². The van der Waals surface area contributed by atoms with E-state index in [1.165, 1.54) is 15.3 Å². The Hall–Kier alpha value is -2.74. The Kier molecular flexibility index (Phi) is 5.55. The van der Waals surface area contributed by atoms with Crippen LogP contribution in [0.1, 0.15) is 10.4 Å². The molecule has 3 rings (SSSR count). The second kappa shape index (κ2) is 7.87. The standard InChI is InChI=1S/C19H24N6OS/c1-12-13(2)27-18-15(12)17(25(5)10-9-21-19(26)24(3)4)22-16(23-18)14-7-6-8-20-11-14/h6-8,11H,9-10H2,1-5H3,(H,21,26). The SMILES string of the molecule is Cc1sc2nc(-c3cccnc3)nc(N(C)CCNC(=O)N(C)C)c2c1C. The minimum absolute atomic E-state index is 0.102. The van der Waals surface area contributed by atoms with Crippen LogP contribution in [0.3, 0.4) is 0 Å². The van der Waals surface area contributed by atoms with E-state index in [2.05, 4.69) is 29.0 Å². The first-order valence-electron chi connectivity index (χ1n) is 8.73. The average molecular weight is 385 g/mol. The molecule has 0 saturated carbocycles. The zero-order chi connectivity index (χ0) is 19.6. The molecular formula is C19H24N6OS. The van der Waals surface area contributed by atoms with Crippen molar-refractivity contribution in [1.29, 1.82) is 0 Å². The normalized spacial score (nSPS) is 10.9. The smallest absolute Gasteiger partial charge is 0.316 e. The number of rotatable bonds is 5. The Balaban J connectivity index is 1.96.